The van der Waals surface area contributed by atoms with Gasteiger partial charge >= 0.3 is 6.61 Å². The van der Waals surface area contributed by atoms with Crippen molar-refractivity contribution in [3.63, 3.8) is 0 Å². The van der Waals surface area contributed by atoms with Crippen molar-refractivity contribution >= 4 is 34.0 Å². The molecular weight excluding hydrogens is 385 g/mol. The number of nitrogens with one attached hydrogen (secondary N) is 1. The summed E-state index contributed by atoms with van der Waals surface area (Å²) in [6.07, 6.45) is 1.56. The molecule has 1 aromatic carbocycles. The predicted molar refractivity (Wildman–Crippen MR) is 90.7 cm³/mol. The molecule has 5 nitrogen and oxygen atoms in total. The van der Waals surface area contributed by atoms with Crippen LogP contribution in [0, 0.1) is 5.92 Å². The van der Waals surface area contributed by atoms with Gasteiger partial charge in [-0.25, -0.2) is 8.42 Å². The normalized spacial score (nSPS) is 16.9. The van der Waals surface area contributed by atoms with Crippen molar-refractivity contribution < 1.29 is 21.9 Å². The Morgan fingerprint density at radius 2 is 2.00 bits per heavy atom. The summed E-state index contributed by atoms with van der Waals surface area (Å²) in [6.45, 7) is -1.29. The van der Waals surface area contributed by atoms with E-state index in [2.05, 4.69) is 10.1 Å². The molecule has 0 bridgehead atoms. The van der Waals surface area contributed by atoms with Crippen LogP contribution in [0.25, 0.3) is 0 Å². The third kappa shape index (κ3) is 5.16. The van der Waals surface area contributed by atoms with Crippen LogP contribution in [0.3, 0.4) is 0 Å². The second-order valence-corrected chi connectivity index (χ2v) is 7.72. The van der Waals surface area contributed by atoms with Gasteiger partial charge in [-0.1, -0.05) is 11.6 Å². The lowest BCUT2D eigenvalue weighted by atomic mass is 9.98. The topological polar surface area (TPSA) is 58.6 Å². The van der Waals surface area contributed by atoms with Gasteiger partial charge in [0.15, 0.2) is 0 Å². The SMILES string of the molecule is CNCC1CCN(S(=O)(=O)c2ccc(OC(F)F)c(Cl)c2)CC1.Cl. The lowest BCUT2D eigenvalue weighted by Gasteiger charge is -2.31. The van der Waals surface area contributed by atoms with Crippen LogP contribution in [-0.4, -0.2) is 46.0 Å². The Kier molecular flexibility index (Phi) is 8.14. The minimum Gasteiger partial charge on any atom is -0.433 e. The maximum Gasteiger partial charge on any atom is 0.387 e. The number of hydrogen-bond acceptors (Lipinski definition) is 4. The molecule has 1 aromatic rings. The number of benzene rings is 1. The van der Waals surface area contributed by atoms with Crippen molar-refractivity contribution in [3.8, 4) is 5.75 Å². The molecule has 1 N–H and O–H groups in total. The van der Waals surface area contributed by atoms with Crippen molar-refractivity contribution in [3.05, 3.63) is 23.2 Å². The molecule has 138 valence electrons. The minimum atomic E-state index is -3.68. The molecular formula is C14H20Cl2F2N2O3S. The fraction of sp³-hybridized carbons (Fsp3) is 0.571. The summed E-state index contributed by atoms with van der Waals surface area (Å²) >= 11 is 5.83. The molecule has 1 heterocycles. The van der Waals surface area contributed by atoms with E-state index in [-0.39, 0.29) is 28.1 Å². The van der Waals surface area contributed by atoms with Crippen LogP contribution in [0.15, 0.2) is 23.1 Å². The van der Waals surface area contributed by atoms with Gasteiger partial charge in [0.1, 0.15) is 5.75 Å². The van der Waals surface area contributed by atoms with Gasteiger partial charge in [-0.2, -0.15) is 13.1 Å². The quantitative estimate of drug-likeness (QED) is 0.791. The van der Waals surface area contributed by atoms with Crippen molar-refractivity contribution in [2.75, 3.05) is 26.7 Å². The van der Waals surface area contributed by atoms with Crippen LogP contribution >= 0.6 is 24.0 Å². The van der Waals surface area contributed by atoms with Gasteiger partial charge < -0.3 is 10.1 Å². The Morgan fingerprint density at radius 3 is 2.50 bits per heavy atom. The van der Waals surface area contributed by atoms with Crippen molar-refractivity contribution in [2.45, 2.75) is 24.3 Å². The lowest BCUT2D eigenvalue weighted by molar-refractivity contribution is -0.0498. The van der Waals surface area contributed by atoms with Gasteiger partial charge in [-0.15, -0.1) is 12.4 Å². The molecule has 0 atom stereocenters. The molecule has 2 rings (SSSR count). The zero-order chi connectivity index (χ0) is 17.0. The summed E-state index contributed by atoms with van der Waals surface area (Å²) in [5, 5.41) is 2.94. The van der Waals surface area contributed by atoms with Crippen LogP contribution in [0.2, 0.25) is 5.02 Å². The largest absolute Gasteiger partial charge is 0.433 e. The number of hydrogen-bond donors (Lipinski definition) is 1. The predicted octanol–water partition coefficient (Wildman–Crippen LogP) is 2.98. The summed E-state index contributed by atoms with van der Waals surface area (Å²) in [5.74, 6) is 0.213. The Bertz CT molecular complexity index is 639. The molecule has 1 aliphatic heterocycles. The first-order valence-electron chi connectivity index (χ1n) is 7.23. The molecule has 10 heteroatoms. The molecule has 24 heavy (non-hydrogen) atoms. The number of piperidine rings is 1. The molecule has 0 spiro atoms. The molecule has 0 unspecified atom stereocenters. The highest BCUT2D eigenvalue weighted by Crippen LogP contribution is 2.31. The molecule has 1 aliphatic rings. The molecule has 0 saturated carbocycles. The first-order chi connectivity index (χ1) is 10.8. The van der Waals surface area contributed by atoms with Gasteiger partial charge in [0, 0.05) is 13.1 Å². The zero-order valence-corrected chi connectivity index (χ0v) is 15.4. The monoisotopic (exact) mass is 404 g/mol. The average Bonchev–Trinajstić information content (AvgIpc) is 2.49. The fourth-order valence-corrected chi connectivity index (χ4v) is 4.41. The summed E-state index contributed by atoms with van der Waals surface area (Å²) in [5.41, 5.74) is 0. The maximum absolute atomic E-state index is 12.6. The van der Waals surface area contributed by atoms with Gasteiger partial charge in [0.2, 0.25) is 10.0 Å². The van der Waals surface area contributed by atoms with Crippen LogP contribution < -0.4 is 10.1 Å². The molecule has 0 amide bonds. The van der Waals surface area contributed by atoms with Gasteiger partial charge in [-0.3, -0.25) is 0 Å². The first kappa shape index (κ1) is 21.4. The van der Waals surface area contributed by atoms with E-state index in [9.17, 15) is 17.2 Å². The number of nitrogens with zero attached hydrogens (tertiary/aromatic N) is 1. The van der Waals surface area contributed by atoms with E-state index in [1.165, 1.54) is 10.4 Å². The van der Waals surface area contributed by atoms with E-state index < -0.39 is 16.6 Å². The maximum atomic E-state index is 12.6. The lowest BCUT2D eigenvalue weighted by Crippen LogP contribution is -2.40. The van der Waals surface area contributed by atoms with Crippen LogP contribution in [0.4, 0.5) is 8.78 Å². The highest BCUT2D eigenvalue weighted by Gasteiger charge is 2.29. The minimum absolute atomic E-state index is 0. The highest BCUT2D eigenvalue weighted by molar-refractivity contribution is 7.89. The molecule has 0 aliphatic carbocycles. The number of rotatable bonds is 6. The second-order valence-electron chi connectivity index (χ2n) is 5.38. The smallest absolute Gasteiger partial charge is 0.387 e. The van der Waals surface area contributed by atoms with Gasteiger partial charge in [0.25, 0.3) is 0 Å². The van der Waals surface area contributed by atoms with E-state index in [0.29, 0.717) is 19.0 Å². The Hall–Kier alpha value is -0.670. The molecule has 0 aromatic heterocycles. The van der Waals surface area contributed by atoms with Crippen molar-refractivity contribution in [1.82, 2.24) is 9.62 Å². The first-order valence-corrected chi connectivity index (χ1v) is 9.05. The molecule has 1 saturated heterocycles. The Balaban J connectivity index is 0.00000288. The number of halogens is 4. The van der Waals surface area contributed by atoms with Gasteiger partial charge in [0.05, 0.1) is 9.92 Å². The average molecular weight is 405 g/mol. The van der Waals surface area contributed by atoms with Crippen molar-refractivity contribution in [1.29, 1.82) is 0 Å². The van der Waals surface area contributed by atoms with E-state index in [4.69, 9.17) is 11.6 Å². The van der Waals surface area contributed by atoms with Crippen LogP contribution in [0.5, 0.6) is 5.75 Å². The van der Waals surface area contributed by atoms with E-state index in [0.717, 1.165) is 31.5 Å². The Morgan fingerprint density at radius 1 is 1.38 bits per heavy atom. The van der Waals surface area contributed by atoms with E-state index >= 15 is 0 Å². The third-order valence-electron chi connectivity index (χ3n) is 3.82. The van der Waals surface area contributed by atoms with E-state index in [1.807, 2.05) is 7.05 Å². The molecule has 1 fully saturated rings. The highest BCUT2D eigenvalue weighted by atomic mass is 35.5. The summed E-state index contributed by atoms with van der Waals surface area (Å²) in [6, 6.07) is 3.53. The summed E-state index contributed by atoms with van der Waals surface area (Å²) < 4.78 is 55.2. The molecule has 0 radical (unpaired) electrons. The fourth-order valence-electron chi connectivity index (χ4n) is 2.63. The number of sulfonamides is 1. The second kappa shape index (κ2) is 9.15. The standard InChI is InChI=1S/C14H19ClF2N2O3S.ClH/c1-18-9-10-4-6-19(7-5-10)23(20,21)11-2-3-13(12(15)8-11)22-14(16)17;/h2-3,8,10,14,18H,4-7,9H2,1H3;1H. The number of ether oxygens (including phenoxy) is 1. The van der Waals surface area contributed by atoms with Crippen LogP contribution in [-0.2, 0) is 10.0 Å². The Labute approximate surface area is 151 Å². The van der Waals surface area contributed by atoms with Crippen molar-refractivity contribution in [2.24, 2.45) is 5.92 Å². The van der Waals surface area contributed by atoms with Crippen LogP contribution in [0.1, 0.15) is 12.8 Å². The summed E-state index contributed by atoms with van der Waals surface area (Å²) in [7, 11) is -1.81. The summed E-state index contributed by atoms with van der Waals surface area (Å²) in [4.78, 5) is -0.0174. The van der Waals surface area contributed by atoms with Gasteiger partial charge in [-0.05, 0) is 50.6 Å². The number of alkyl halides is 2. The third-order valence-corrected chi connectivity index (χ3v) is 6.01. The zero-order valence-electron chi connectivity index (χ0n) is 13.0. The van der Waals surface area contributed by atoms with E-state index in [1.54, 1.807) is 0 Å².